The highest BCUT2D eigenvalue weighted by molar-refractivity contribution is 6.32. The van der Waals surface area contributed by atoms with Crippen molar-refractivity contribution in [2.45, 2.75) is 57.1 Å². The number of primary amides is 1. The summed E-state index contributed by atoms with van der Waals surface area (Å²) >= 11 is 0. The number of nitrogens with zero attached hydrogens (tertiary/aromatic N) is 1. The van der Waals surface area contributed by atoms with Gasteiger partial charge in [-0.1, -0.05) is 25.8 Å². The molecule has 4 N–H and O–H groups in total. The van der Waals surface area contributed by atoms with Crippen molar-refractivity contribution < 1.29 is 34.2 Å². The maximum absolute atomic E-state index is 13.7. The lowest BCUT2D eigenvalue weighted by Crippen LogP contribution is -2.74. The largest absolute Gasteiger partial charge is 0.507 e. The number of amides is 1. The SMILES string of the molecule is CCCCCc1ccc(O)c2c1C[C@H]1C[C@H]3C(N(C)C)C(=O)C(C(N)=O)C(=O)[C@@]3(O)C(=O)C1C2=O. The van der Waals surface area contributed by atoms with E-state index in [4.69, 9.17) is 5.73 Å². The van der Waals surface area contributed by atoms with Crippen LogP contribution >= 0.6 is 0 Å². The highest BCUT2D eigenvalue weighted by Crippen LogP contribution is 2.51. The number of carbonyl (C=O) groups excluding carboxylic acids is 5. The molecule has 188 valence electrons. The number of aliphatic hydroxyl groups is 1. The number of aryl methyl sites for hydroxylation is 1. The number of likely N-dealkylation sites (N-methyl/N-ethyl adjacent to an activating group) is 1. The number of fused-ring (bicyclic) bond motifs is 3. The molecule has 0 heterocycles. The molecule has 0 aromatic heterocycles. The molecule has 0 bridgehead atoms. The molecule has 1 aromatic carbocycles. The molecule has 3 aliphatic rings. The van der Waals surface area contributed by atoms with Gasteiger partial charge in [0.1, 0.15) is 5.75 Å². The molecule has 0 saturated heterocycles. The number of unbranched alkanes of at least 4 members (excludes halogenated alkanes) is 2. The number of phenolic OH excluding ortho intramolecular Hbond substituents is 1. The Balaban J connectivity index is 1.81. The van der Waals surface area contributed by atoms with E-state index in [1.54, 1.807) is 20.2 Å². The van der Waals surface area contributed by atoms with E-state index in [9.17, 15) is 34.2 Å². The molecule has 2 saturated carbocycles. The number of nitrogens with two attached hydrogens (primary N) is 1. The minimum atomic E-state index is -2.69. The second kappa shape index (κ2) is 8.95. The smallest absolute Gasteiger partial charge is 0.235 e. The van der Waals surface area contributed by atoms with Crippen molar-refractivity contribution in [1.82, 2.24) is 4.90 Å². The number of benzene rings is 1. The van der Waals surface area contributed by atoms with Gasteiger partial charge in [0.25, 0.3) is 0 Å². The van der Waals surface area contributed by atoms with E-state index in [-0.39, 0.29) is 17.7 Å². The minimum absolute atomic E-state index is 0.0607. The fourth-order valence-corrected chi connectivity index (χ4v) is 6.47. The number of rotatable bonds is 6. The molecule has 0 aliphatic heterocycles. The second-order valence-corrected chi connectivity index (χ2v) is 10.3. The molecule has 3 aliphatic carbocycles. The predicted octanol–water partition coefficient (Wildman–Crippen LogP) is 0.600. The van der Waals surface area contributed by atoms with Crippen LogP contribution in [-0.2, 0) is 32.0 Å². The summed E-state index contributed by atoms with van der Waals surface area (Å²) in [5.41, 5.74) is 4.32. The second-order valence-electron chi connectivity index (χ2n) is 10.3. The first-order valence-electron chi connectivity index (χ1n) is 12.1. The van der Waals surface area contributed by atoms with Crippen LogP contribution in [0.3, 0.4) is 0 Å². The van der Waals surface area contributed by atoms with Gasteiger partial charge in [0, 0.05) is 5.92 Å². The van der Waals surface area contributed by atoms with Crippen molar-refractivity contribution in [2.24, 2.45) is 29.4 Å². The van der Waals surface area contributed by atoms with Gasteiger partial charge in [-0.05, 0) is 62.9 Å². The zero-order chi connectivity index (χ0) is 25.8. The Bertz CT molecular complexity index is 1130. The first kappa shape index (κ1) is 25.2. The number of ketones is 4. The Kier molecular flexibility index (Phi) is 6.44. The number of carbonyl (C=O) groups is 5. The fourth-order valence-electron chi connectivity index (χ4n) is 6.47. The van der Waals surface area contributed by atoms with Gasteiger partial charge in [-0.25, -0.2) is 0 Å². The minimum Gasteiger partial charge on any atom is -0.507 e. The third kappa shape index (κ3) is 3.63. The molecule has 4 rings (SSSR count). The van der Waals surface area contributed by atoms with Gasteiger partial charge in [-0.2, -0.15) is 0 Å². The fraction of sp³-hybridized carbons (Fsp3) is 0.577. The first-order valence-corrected chi connectivity index (χ1v) is 12.1. The average Bonchev–Trinajstić information content (AvgIpc) is 2.77. The Morgan fingerprint density at radius 2 is 1.83 bits per heavy atom. The van der Waals surface area contributed by atoms with Gasteiger partial charge in [-0.15, -0.1) is 0 Å². The monoisotopic (exact) mass is 484 g/mol. The van der Waals surface area contributed by atoms with Crippen LogP contribution in [0.1, 0.15) is 54.1 Å². The molecular formula is C26H32N2O7. The van der Waals surface area contributed by atoms with Crippen LogP contribution in [0.15, 0.2) is 12.1 Å². The Hall–Kier alpha value is -2.91. The molecule has 2 fully saturated rings. The maximum Gasteiger partial charge on any atom is 0.235 e. The molecule has 9 nitrogen and oxygen atoms in total. The number of aromatic hydroxyl groups is 1. The van der Waals surface area contributed by atoms with Crippen LogP contribution in [0.2, 0.25) is 0 Å². The molecule has 0 radical (unpaired) electrons. The summed E-state index contributed by atoms with van der Waals surface area (Å²) in [7, 11) is 3.14. The molecule has 9 heteroatoms. The number of Topliss-reactive ketones (excluding diaryl/α,β-unsaturated/α-hetero) is 4. The van der Waals surface area contributed by atoms with Crippen LogP contribution in [-0.4, -0.2) is 69.9 Å². The zero-order valence-corrected chi connectivity index (χ0v) is 20.2. The van der Waals surface area contributed by atoms with Gasteiger partial charge in [0.05, 0.1) is 17.5 Å². The topological polar surface area (TPSA) is 155 Å². The molecule has 6 atom stereocenters. The van der Waals surface area contributed by atoms with Gasteiger partial charge >= 0.3 is 0 Å². The lowest BCUT2D eigenvalue weighted by molar-refractivity contribution is -0.181. The van der Waals surface area contributed by atoms with E-state index in [1.165, 1.54) is 11.0 Å². The molecule has 3 unspecified atom stereocenters. The number of phenols is 1. The van der Waals surface area contributed by atoms with E-state index >= 15 is 0 Å². The average molecular weight is 485 g/mol. The summed E-state index contributed by atoms with van der Waals surface area (Å²) in [6.07, 6.45) is 4.05. The zero-order valence-electron chi connectivity index (χ0n) is 20.2. The van der Waals surface area contributed by atoms with Crippen LogP contribution in [0.4, 0.5) is 0 Å². The van der Waals surface area contributed by atoms with Crippen LogP contribution in [0.5, 0.6) is 5.75 Å². The Morgan fingerprint density at radius 1 is 1.14 bits per heavy atom. The summed E-state index contributed by atoms with van der Waals surface area (Å²) in [5.74, 6) is -10.1. The number of hydrogen-bond donors (Lipinski definition) is 3. The highest BCUT2D eigenvalue weighted by atomic mass is 16.3. The Morgan fingerprint density at radius 3 is 2.43 bits per heavy atom. The predicted molar refractivity (Wildman–Crippen MR) is 125 cm³/mol. The van der Waals surface area contributed by atoms with Crippen molar-refractivity contribution in [1.29, 1.82) is 0 Å². The maximum atomic E-state index is 13.7. The van der Waals surface area contributed by atoms with Crippen LogP contribution < -0.4 is 5.73 Å². The van der Waals surface area contributed by atoms with Crippen molar-refractivity contribution in [2.75, 3.05) is 14.1 Å². The van der Waals surface area contributed by atoms with Crippen molar-refractivity contribution >= 4 is 29.0 Å². The first-order chi connectivity index (χ1) is 16.5. The van der Waals surface area contributed by atoms with Gasteiger partial charge in [-0.3, -0.25) is 28.9 Å². The highest BCUT2D eigenvalue weighted by Gasteiger charge is 2.69. The van der Waals surface area contributed by atoms with Gasteiger partial charge < -0.3 is 15.9 Å². The molecular weight excluding hydrogens is 452 g/mol. The third-order valence-electron chi connectivity index (χ3n) is 8.09. The lowest BCUT2D eigenvalue weighted by Gasteiger charge is -2.52. The van der Waals surface area contributed by atoms with Crippen LogP contribution in [0, 0.1) is 23.7 Å². The van der Waals surface area contributed by atoms with Crippen molar-refractivity contribution in [3.05, 3.63) is 28.8 Å². The summed E-state index contributed by atoms with van der Waals surface area (Å²) in [4.78, 5) is 67.2. The normalized spacial score (nSPS) is 32.3. The third-order valence-corrected chi connectivity index (χ3v) is 8.09. The summed E-state index contributed by atoms with van der Waals surface area (Å²) in [5, 5.41) is 22.1. The van der Waals surface area contributed by atoms with E-state index in [2.05, 4.69) is 6.92 Å². The standard InChI is InChI=1S/C26H32N2O7/c1-4-5-6-7-12-8-9-16(29)18-14(12)10-13-11-15-20(28(2)3)22(31)19(25(27)34)24(33)26(15,35)23(32)17(13)21(18)30/h8-9,13,15,17,19-20,29,35H,4-7,10-11H2,1-3H3,(H2,27,34)/t13-,15-,17?,19?,20?,26-/m0/s1. The molecule has 1 aromatic rings. The van der Waals surface area contributed by atoms with E-state index in [1.807, 2.05) is 0 Å². The van der Waals surface area contributed by atoms with E-state index in [0.717, 1.165) is 31.2 Å². The lowest BCUT2D eigenvalue weighted by atomic mass is 9.52. The molecule has 35 heavy (non-hydrogen) atoms. The van der Waals surface area contributed by atoms with E-state index in [0.29, 0.717) is 12.0 Å². The quantitative estimate of drug-likeness (QED) is 0.392. The van der Waals surface area contributed by atoms with Gasteiger partial charge in [0.2, 0.25) is 5.91 Å². The van der Waals surface area contributed by atoms with E-state index < -0.39 is 64.4 Å². The summed E-state index contributed by atoms with van der Waals surface area (Å²) in [6.45, 7) is 2.09. The number of hydrogen-bond acceptors (Lipinski definition) is 8. The molecule has 0 spiro atoms. The summed E-state index contributed by atoms with van der Waals surface area (Å²) < 4.78 is 0. The van der Waals surface area contributed by atoms with Crippen molar-refractivity contribution in [3.63, 3.8) is 0 Å². The van der Waals surface area contributed by atoms with Gasteiger partial charge in [0.15, 0.2) is 34.7 Å². The van der Waals surface area contributed by atoms with Crippen molar-refractivity contribution in [3.8, 4) is 5.75 Å². The Labute approximate surface area is 203 Å². The molecule has 1 amide bonds. The summed E-state index contributed by atoms with van der Waals surface area (Å²) in [6, 6.07) is 2.15. The van der Waals surface area contributed by atoms with Crippen LogP contribution in [0.25, 0.3) is 0 Å².